The zero-order chi connectivity index (χ0) is 21.2. The number of nitrogens with zero attached hydrogens (tertiary/aromatic N) is 2. The molecule has 1 rings (SSSR count). The Morgan fingerprint density at radius 3 is 2.64 bits per heavy atom. The second-order valence-electron chi connectivity index (χ2n) is 6.39. The van der Waals surface area contributed by atoms with Crippen molar-refractivity contribution in [2.24, 2.45) is 0 Å². The Hall–Kier alpha value is -2.89. The summed E-state index contributed by atoms with van der Waals surface area (Å²) in [5, 5.41) is 13.5. The highest BCUT2D eigenvalue weighted by Crippen LogP contribution is 2.16. The van der Waals surface area contributed by atoms with Gasteiger partial charge in [-0.1, -0.05) is 0 Å². The maximum Gasteiger partial charge on any atom is 0.367 e. The Labute approximate surface area is 165 Å². The molecule has 0 saturated carbocycles. The summed E-state index contributed by atoms with van der Waals surface area (Å²) in [6.45, 7) is 4.62. The Balaban J connectivity index is 2.69. The predicted molar refractivity (Wildman–Crippen MR) is 100 cm³/mol. The van der Waals surface area contributed by atoms with Crippen LogP contribution in [-0.4, -0.2) is 57.7 Å². The van der Waals surface area contributed by atoms with Crippen molar-refractivity contribution in [1.29, 1.82) is 0 Å². The molecule has 0 aliphatic carbocycles. The Bertz CT molecular complexity index is 694. The van der Waals surface area contributed by atoms with Crippen molar-refractivity contribution < 1.29 is 29.0 Å². The van der Waals surface area contributed by atoms with Crippen LogP contribution in [0.3, 0.4) is 0 Å². The van der Waals surface area contributed by atoms with Crippen molar-refractivity contribution in [3.05, 3.63) is 40.2 Å². The lowest BCUT2D eigenvalue weighted by atomic mass is 10.2. The highest BCUT2D eigenvalue weighted by Gasteiger charge is 2.25. The van der Waals surface area contributed by atoms with Gasteiger partial charge in [0.15, 0.2) is 0 Å². The number of thioether (sulfide) groups is 1. The molecule has 12 heteroatoms. The zero-order valence-corrected chi connectivity index (χ0v) is 16.5. The van der Waals surface area contributed by atoms with E-state index in [-0.39, 0.29) is 24.5 Å². The highest BCUT2D eigenvalue weighted by atomic mass is 32.2. The zero-order valence-electron chi connectivity index (χ0n) is 15.7. The summed E-state index contributed by atoms with van der Waals surface area (Å²) in [5.74, 6) is -1.28. The third-order valence-electron chi connectivity index (χ3n) is 2.90. The molecule has 0 saturated heterocycles. The average molecular weight is 414 g/mol. The molecule has 2 amide bonds. The maximum absolute atomic E-state index is 12.3. The Morgan fingerprint density at radius 2 is 2.07 bits per heavy atom. The summed E-state index contributed by atoms with van der Waals surface area (Å²) in [4.78, 5) is 54.5. The largest absolute Gasteiger partial charge is 0.452 e. The van der Waals surface area contributed by atoms with Gasteiger partial charge >= 0.3 is 5.30 Å². The van der Waals surface area contributed by atoms with E-state index in [0.717, 1.165) is 11.8 Å². The monoisotopic (exact) mass is 414 g/mol. The van der Waals surface area contributed by atoms with Crippen LogP contribution in [0.5, 0.6) is 0 Å². The van der Waals surface area contributed by atoms with E-state index in [1.165, 1.54) is 18.5 Å². The van der Waals surface area contributed by atoms with Crippen molar-refractivity contribution in [2.45, 2.75) is 32.4 Å². The van der Waals surface area contributed by atoms with Crippen LogP contribution >= 0.6 is 11.8 Å². The normalized spacial score (nSPS) is 11.8. The minimum atomic E-state index is -1.08. The van der Waals surface area contributed by atoms with Gasteiger partial charge in [0.25, 0.3) is 11.0 Å². The molecule has 0 bridgehead atoms. The molecule has 28 heavy (non-hydrogen) atoms. The van der Waals surface area contributed by atoms with Crippen molar-refractivity contribution in [2.75, 3.05) is 18.9 Å². The fourth-order valence-electron chi connectivity index (χ4n) is 1.77. The molecule has 1 aromatic heterocycles. The van der Waals surface area contributed by atoms with Gasteiger partial charge in [-0.25, -0.2) is 4.79 Å². The van der Waals surface area contributed by atoms with E-state index in [9.17, 15) is 24.5 Å². The van der Waals surface area contributed by atoms with Crippen LogP contribution in [0.2, 0.25) is 0 Å². The van der Waals surface area contributed by atoms with Gasteiger partial charge in [-0.3, -0.25) is 14.6 Å². The van der Waals surface area contributed by atoms with Crippen molar-refractivity contribution in [3.8, 4) is 0 Å². The van der Waals surface area contributed by atoms with Gasteiger partial charge in [0.1, 0.15) is 18.2 Å². The van der Waals surface area contributed by atoms with Crippen LogP contribution in [0.15, 0.2) is 24.5 Å². The summed E-state index contributed by atoms with van der Waals surface area (Å²) < 4.78 is 5.16. The van der Waals surface area contributed by atoms with E-state index >= 15 is 0 Å². The van der Waals surface area contributed by atoms with Crippen LogP contribution in [-0.2, 0) is 14.4 Å². The van der Waals surface area contributed by atoms with Gasteiger partial charge in [-0.2, -0.15) is 0 Å². The van der Waals surface area contributed by atoms with Crippen LogP contribution in [0.25, 0.3) is 0 Å². The highest BCUT2D eigenvalue weighted by molar-refractivity contribution is 8.13. The molecule has 11 nitrogen and oxygen atoms in total. The summed E-state index contributed by atoms with van der Waals surface area (Å²) in [6.07, 6.45) is 2.82. The van der Waals surface area contributed by atoms with Crippen LogP contribution in [0.1, 0.15) is 31.1 Å². The lowest BCUT2D eigenvalue weighted by molar-refractivity contribution is -0.757. The number of hydrogen-bond acceptors (Lipinski definition) is 9. The first-order chi connectivity index (χ1) is 13.1. The number of aromatic nitrogens is 1. The number of rotatable bonds is 9. The van der Waals surface area contributed by atoms with Crippen LogP contribution in [0, 0.1) is 10.1 Å². The smallest absolute Gasteiger partial charge is 0.367 e. The van der Waals surface area contributed by atoms with E-state index in [0.29, 0.717) is 0 Å². The van der Waals surface area contributed by atoms with Gasteiger partial charge in [-0.05, 0) is 44.7 Å². The summed E-state index contributed by atoms with van der Waals surface area (Å²) >= 11 is 0.729. The summed E-state index contributed by atoms with van der Waals surface area (Å²) in [6, 6.07) is 2.00. The lowest BCUT2D eigenvalue weighted by Gasteiger charge is -2.21. The fraction of sp³-hybridized carbons (Fsp3) is 0.500. The second kappa shape index (κ2) is 11.1. The molecule has 154 valence electrons. The molecule has 0 aliphatic heterocycles. The number of carbonyl (C=O) groups excluding carboxylic acids is 3. The van der Waals surface area contributed by atoms with Gasteiger partial charge in [0.05, 0.1) is 5.56 Å². The Kier molecular flexibility index (Phi) is 9.15. The predicted octanol–water partition coefficient (Wildman–Crippen LogP) is 1.17. The van der Waals surface area contributed by atoms with Crippen molar-refractivity contribution in [1.82, 2.24) is 15.6 Å². The fourth-order valence-corrected chi connectivity index (χ4v) is 2.62. The maximum atomic E-state index is 12.3. The number of carbonyl (C=O) groups is 3. The number of nitrogens with one attached hydrogen (secondary N) is 2. The molecular formula is C16H22N4O7S. The first-order valence-corrected chi connectivity index (χ1v) is 9.18. The van der Waals surface area contributed by atoms with Gasteiger partial charge in [-0.15, -0.1) is 10.1 Å². The molecule has 0 radical (unpaired) electrons. The van der Waals surface area contributed by atoms with Gasteiger partial charge in [0.2, 0.25) is 5.91 Å². The Morgan fingerprint density at radius 1 is 1.36 bits per heavy atom. The quantitative estimate of drug-likeness (QED) is 0.263. The minimum absolute atomic E-state index is 0.0944. The lowest BCUT2D eigenvalue weighted by Crippen LogP contribution is -2.49. The summed E-state index contributed by atoms with van der Waals surface area (Å²) in [7, 11) is 0. The molecule has 1 atom stereocenters. The number of amides is 2. The third kappa shape index (κ3) is 9.71. The van der Waals surface area contributed by atoms with Crippen molar-refractivity contribution >= 4 is 28.9 Å². The molecule has 0 aliphatic rings. The molecular weight excluding hydrogens is 392 g/mol. The number of pyridine rings is 1. The van der Waals surface area contributed by atoms with E-state index in [2.05, 4.69) is 20.5 Å². The summed E-state index contributed by atoms with van der Waals surface area (Å²) in [5.41, 5.74) is -0.458. The molecule has 0 aromatic carbocycles. The van der Waals surface area contributed by atoms with Crippen molar-refractivity contribution in [3.63, 3.8) is 0 Å². The average Bonchev–Trinajstić information content (AvgIpc) is 2.61. The minimum Gasteiger partial charge on any atom is -0.452 e. The van der Waals surface area contributed by atoms with E-state index < -0.39 is 33.8 Å². The number of ether oxygens (including phenoxy) is 1. The van der Waals surface area contributed by atoms with E-state index in [4.69, 9.17) is 4.74 Å². The van der Waals surface area contributed by atoms with Crippen LogP contribution in [0.4, 0.5) is 4.79 Å². The standard InChI is InChI=1S/C16H22N4O7S/c1-16(2,3)27-15(23)28-10-12(14(22)18-7-8-26-20(24)25)19-13(21)11-5-4-6-17-9-11/h4-6,9,12H,7-8,10H2,1-3H3,(H,18,22)(H,19,21)/t12-/m0/s1. The van der Waals surface area contributed by atoms with E-state index in [1.807, 2.05) is 0 Å². The molecule has 1 heterocycles. The molecule has 0 spiro atoms. The van der Waals surface area contributed by atoms with Crippen LogP contribution < -0.4 is 10.6 Å². The topological polar surface area (TPSA) is 150 Å². The second-order valence-corrected chi connectivity index (χ2v) is 7.35. The van der Waals surface area contributed by atoms with Gasteiger partial charge in [0, 0.05) is 24.7 Å². The third-order valence-corrected chi connectivity index (χ3v) is 3.72. The molecule has 2 N–H and O–H groups in total. The molecule has 0 unspecified atom stereocenters. The van der Waals surface area contributed by atoms with Gasteiger partial charge < -0.3 is 20.2 Å². The van der Waals surface area contributed by atoms with E-state index in [1.54, 1.807) is 26.8 Å². The first-order valence-electron chi connectivity index (χ1n) is 8.20. The number of hydrogen-bond donors (Lipinski definition) is 2. The molecule has 0 fully saturated rings. The molecule has 1 aromatic rings. The first kappa shape index (κ1) is 23.1. The SMILES string of the molecule is CC(C)(C)OC(=O)SC[C@H](NC(=O)c1cccnc1)C(=O)NCCO[N+](=O)[O-].